The first-order valence-electron chi connectivity index (χ1n) is 7.68. The predicted octanol–water partition coefficient (Wildman–Crippen LogP) is 3.69. The van der Waals surface area contributed by atoms with Gasteiger partial charge >= 0.3 is 0 Å². The van der Waals surface area contributed by atoms with Crippen LogP contribution in [0, 0.1) is 0 Å². The first kappa shape index (κ1) is 14.8. The molecule has 2 aromatic rings. The van der Waals surface area contributed by atoms with Crippen LogP contribution in [0.4, 0.5) is 0 Å². The van der Waals surface area contributed by atoms with Crippen LogP contribution in [-0.2, 0) is 33.0 Å². The van der Waals surface area contributed by atoms with Crippen LogP contribution in [0.1, 0.15) is 35.9 Å². The van der Waals surface area contributed by atoms with Gasteiger partial charge in [-0.05, 0) is 52.9 Å². The van der Waals surface area contributed by atoms with Gasteiger partial charge in [-0.15, -0.1) is 0 Å². The molecule has 112 valence electrons. The van der Waals surface area contributed by atoms with E-state index in [2.05, 4.69) is 57.1 Å². The largest absolute Gasteiger partial charge is 0.293 e. The Morgan fingerprint density at radius 1 is 1.24 bits per heavy atom. The van der Waals surface area contributed by atoms with E-state index in [-0.39, 0.29) is 0 Å². The summed E-state index contributed by atoms with van der Waals surface area (Å²) in [4.78, 5) is 2.53. The van der Waals surface area contributed by atoms with Crippen LogP contribution in [0.25, 0.3) is 0 Å². The summed E-state index contributed by atoms with van der Waals surface area (Å²) in [7, 11) is 2.05. The molecule has 1 aromatic carbocycles. The molecule has 3 nitrogen and oxygen atoms in total. The van der Waals surface area contributed by atoms with Crippen molar-refractivity contribution in [1.82, 2.24) is 14.7 Å². The monoisotopic (exact) mass is 347 g/mol. The molecule has 2 heterocycles. The topological polar surface area (TPSA) is 21.1 Å². The SMILES string of the molecule is CCc1nn(C)c(CN2CCCc3ccccc3C2)c1Br. The Morgan fingerprint density at radius 2 is 2.00 bits per heavy atom. The lowest BCUT2D eigenvalue weighted by molar-refractivity contribution is 0.253. The van der Waals surface area contributed by atoms with Gasteiger partial charge in [-0.2, -0.15) is 5.10 Å². The highest BCUT2D eigenvalue weighted by Crippen LogP contribution is 2.25. The fourth-order valence-corrected chi connectivity index (χ4v) is 3.85. The van der Waals surface area contributed by atoms with Crippen LogP contribution in [0.15, 0.2) is 28.7 Å². The summed E-state index contributed by atoms with van der Waals surface area (Å²) in [6.07, 6.45) is 3.39. The quantitative estimate of drug-likeness (QED) is 0.844. The van der Waals surface area contributed by atoms with Crippen LogP contribution in [0.2, 0.25) is 0 Å². The minimum atomic E-state index is 0.957. The van der Waals surface area contributed by atoms with Gasteiger partial charge in [0.15, 0.2) is 0 Å². The lowest BCUT2D eigenvalue weighted by atomic mass is 10.0. The van der Waals surface area contributed by atoms with Crippen molar-refractivity contribution in [3.8, 4) is 0 Å². The van der Waals surface area contributed by atoms with Crippen molar-refractivity contribution in [2.75, 3.05) is 6.54 Å². The van der Waals surface area contributed by atoms with Crippen molar-refractivity contribution in [2.45, 2.75) is 39.3 Å². The lowest BCUT2D eigenvalue weighted by Crippen LogP contribution is -2.24. The van der Waals surface area contributed by atoms with Crippen molar-refractivity contribution < 1.29 is 0 Å². The van der Waals surface area contributed by atoms with Crippen molar-refractivity contribution in [3.05, 3.63) is 51.3 Å². The van der Waals surface area contributed by atoms with Crippen LogP contribution in [0.5, 0.6) is 0 Å². The molecule has 1 aliphatic rings. The summed E-state index contributed by atoms with van der Waals surface area (Å²) in [5.41, 5.74) is 5.43. The molecular formula is C17H22BrN3. The number of aromatic nitrogens is 2. The predicted molar refractivity (Wildman–Crippen MR) is 89.2 cm³/mol. The van der Waals surface area contributed by atoms with E-state index in [1.807, 2.05) is 11.7 Å². The highest BCUT2D eigenvalue weighted by molar-refractivity contribution is 9.10. The zero-order valence-electron chi connectivity index (χ0n) is 12.8. The van der Waals surface area contributed by atoms with Gasteiger partial charge in [0.25, 0.3) is 0 Å². The highest BCUT2D eigenvalue weighted by Gasteiger charge is 2.18. The summed E-state index contributed by atoms with van der Waals surface area (Å²) in [5, 5.41) is 4.61. The third kappa shape index (κ3) is 3.06. The normalized spacial score (nSPS) is 15.8. The highest BCUT2D eigenvalue weighted by atomic mass is 79.9. The number of halogens is 1. The molecule has 0 bridgehead atoms. The fraction of sp³-hybridized carbons (Fsp3) is 0.471. The average molecular weight is 348 g/mol. The van der Waals surface area contributed by atoms with E-state index in [0.29, 0.717) is 0 Å². The van der Waals surface area contributed by atoms with E-state index in [1.165, 1.54) is 34.1 Å². The second-order valence-corrected chi connectivity index (χ2v) is 6.56. The molecule has 0 amide bonds. The molecule has 0 atom stereocenters. The molecule has 0 unspecified atom stereocenters. The van der Waals surface area contributed by atoms with E-state index < -0.39 is 0 Å². The first-order chi connectivity index (χ1) is 10.2. The molecule has 0 spiro atoms. The third-order valence-corrected chi connectivity index (χ3v) is 5.22. The summed E-state index contributed by atoms with van der Waals surface area (Å²) < 4.78 is 3.21. The van der Waals surface area contributed by atoms with Gasteiger partial charge in [0.05, 0.1) is 15.9 Å². The lowest BCUT2D eigenvalue weighted by Gasteiger charge is -2.20. The fourth-order valence-electron chi connectivity index (χ4n) is 3.11. The third-order valence-electron chi connectivity index (χ3n) is 4.31. The van der Waals surface area contributed by atoms with Crippen molar-refractivity contribution in [1.29, 1.82) is 0 Å². The Balaban J connectivity index is 1.81. The van der Waals surface area contributed by atoms with Gasteiger partial charge in [-0.25, -0.2) is 0 Å². The number of fused-ring (bicyclic) bond motifs is 1. The smallest absolute Gasteiger partial charge is 0.0767 e. The standard InChI is InChI=1S/C17H22BrN3/c1-3-15-17(18)16(20(2)19-15)12-21-10-6-9-13-7-4-5-8-14(13)11-21/h4-5,7-8H,3,6,9-12H2,1-2H3. The Morgan fingerprint density at radius 3 is 2.71 bits per heavy atom. The van der Waals surface area contributed by atoms with Gasteiger partial charge in [0.1, 0.15) is 0 Å². The second kappa shape index (κ2) is 6.32. The molecule has 21 heavy (non-hydrogen) atoms. The maximum atomic E-state index is 4.61. The summed E-state index contributed by atoms with van der Waals surface area (Å²) in [6, 6.07) is 8.84. The second-order valence-electron chi connectivity index (χ2n) is 5.77. The van der Waals surface area contributed by atoms with Gasteiger partial charge < -0.3 is 0 Å². The van der Waals surface area contributed by atoms with E-state index >= 15 is 0 Å². The Hall–Kier alpha value is -1.13. The van der Waals surface area contributed by atoms with Gasteiger partial charge in [0.2, 0.25) is 0 Å². The number of rotatable bonds is 3. The van der Waals surface area contributed by atoms with Crippen LogP contribution >= 0.6 is 15.9 Å². The number of nitrogens with zero attached hydrogens (tertiary/aromatic N) is 3. The zero-order chi connectivity index (χ0) is 14.8. The molecule has 0 saturated heterocycles. The molecule has 0 radical (unpaired) electrons. The average Bonchev–Trinajstić information content (AvgIpc) is 2.67. The molecule has 0 aliphatic carbocycles. The zero-order valence-corrected chi connectivity index (χ0v) is 14.4. The maximum absolute atomic E-state index is 4.61. The maximum Gasteiger partial charge on any atom is 0.0767 e. The van der Waals surface area contributed by atoms with Crippen molar-refractivity contribution >= 4 is 15.9 Å². The molecule has 0 N–H and O–H groups in total. The molecule has 1 aliphatic heterocycles. The van der Waals surface area contributed by atoms with Crippen LogP contribution < -0.4 is 0 Å². The van der Waals surface area contributed by atoms with Crippen molar-refractivity contribution in [2.24, 2.45) is 7.05 Å². The Kier molecular flexibility index (Phi) is 4.45. The van der Waals surface area contributed by atoms with Crippen LogP contribution in [-0.4, -0.2) is 21.2 Å². The van der Waals surface area contributed by atoms with Gasteiger partial charge in [-0.1, -0.05) is 31.2 Å². The summed E-state index contributed by atoms with van der Waals surface area (Å²) >= 11 is 3.73. The number of aryl methyl sites for hydroxylation is 3. The Bertz CT molecular complexity index is 633. The molecule has 0 saturated carbocycles. The van der Waals surface area contributed by atoms with Crippen molar-refractivity contribution in [3.63, 3.8) is 0 Å². The molecule has 1 aromatic heterocycles. The molecule has 3 rings (SSSR count). The minimum absolute atomic E-state index is 0.957. The first-order valence-corrected chi connectivity index (χ1v) is 8.47. The van der Waals surface area contributed by atoms with Gasteiger partial charge in [-0.3, -0.25) is 9.58 Å². The van der Waals surface area contributed by atoms with Crippen LogP contribution in [0.3, 0.4) is 0 Å². The van der Waals surface area contributed by atoms with E-state index in [1.54, 1.807) is 0 Å². The number of hydrogen-bond donors (Lipinski definition) is 0. The Labute approximate surface area is 135 Å². The molecular weight excluding hydrogens is 326 g/mol. The van der Waals surface area contributed by atoms with E-state index in [4.69, 9.17) is 0 Å². The van der Waals surface area contributed by atoms with E-state index in [9.17, 15) is 0 Å². The number of benzene rings is 1. The number of hydrogen-bond acceptors (Lipinski definition) is 2. The summed E-state index contributed by atoms with van der Waals surface area (Å²) in [5.74, 6) is 0. The summed E-state index contributed by atoms with van der Waals surface area (Å²) in [6.45, 7) is 5.29. The molecule has 0 fully saturated rings. The van der Waals surface area contributed by atoms with Gasteiger partial charge in [0, 0.05) is 20.1 Å². The van der Waals surface area contributed by atoms with E-state index in [0.717, 1.165) is 31.7 Å². The minimum Gasteiger partial charge on any atom is -0.293 e. The molecule has 4 heteroatoms.